The smallest absolute Gasteiger partial charge is 0.122 e. The van der Waals surface area contributed by atoms with E-state index in [0.717, 1.165) is 29.2 Å². The minimum absolute atomic E-state index is 0.675. The zero-order chi connectivity index (χ0) is 11.1. The fourth-order valence-corrected chi connectivity index (χ4v) is 1.56. The summed E-state index contributed by atoms with van der Waals surface area (Å²) >= 11 is 5.94. The van der Waals surface area contributed by atoms with Crippen molar-refractivity contribution in [3.05, 3.63) is 28.8 Å². The first-order chi connectivity index (χ1) is 7.27. The summed E-state index contributed by atoms with van der Waals surface area (Å²) in [6, 6.07) is 5.71. The Hall–Kier alpha value is -1.13. The fraction of sp³-hybridized carbons (Fsp3) is 0.385. The second-order valence-electron chi connectivity index (χ2n) is 3.11. The third kappa shape index (κ3) is 3.85. The van der Waals surface area contributed by atoms with E-state index in [4.69, 9.17) is 16.3 Å². The summed E-state index contributed by atoms with van der Waals surface area (Å²) in [6.07, 6.45) is 1.73. The van der Waals surface area contributed by atoms with Crippen molar-refractivity contribution in [2.45, 2.75) is 26.7 Å². The molecule has 1 aromatic carbocycles. The molecule has 0 radical (unpaired) electrons. The molecule has 1 aromatic rings. The number of ether oxygens (including phenoxy) is 1. The van der Waals surface area contributed by atoms with Crippen LogP contribution in [0.2, 0.25) is 5.02 Å². The van der Waals surface area contributed by atoms with Crippen LogP contribution < -0.4 is 4.74 Å². The summed E-state index contributed by atoms with van der Waals surface area (Å²) in [5, 5.41) is 0.748. The molecular weight excluding hydrogens is 208 g/mol. The highest BCUT2D eigenvalue weighted by atomic mass is 35.5. The van der Waals surface area contributed by atoms with Gasteiger partial charge in [0, 0.05) is 11.4 Å². The van der Waals surface area contributed by atoms with Crippen molar-refractivity contribution in [2.24, 2.45) is 0 Å². The van der Waals surface area contributed by atoms with Crippen molar-refractivity contribution in [3.63, 3.8) is 0 Å². The van der Waals surface area contributed by atoms with Crippen LogP contribution in [0.25, 0.3) is 0 Å². The summed E-state index contributed by atoms with van der Waals surface area (Å²) in [5.41, 5.74) is 1.13. The number of hydrogen-bond acceptors (Lipinski definition) is 1. The zero-order valence-electron chi connectivity index (χ0n) is 9.14. The van der Waals surface area contributed by atoms with E-state index in [2.05, 4.69) is 11.8 Å². The van der Waals surface area contributed by atoms with Gasteiger partial charge in [-0.2, -0.15) is 0 Å². The summed E-state index contributed by atoms with van der Waals surface area (Å²) in [5.74, 6) is 6.83. The predicted octanol–water partition coefficient (Wildman–Crippen LogP) is 3.69. The highest BCUT2D eigenvalue weighted by Crippen LogP contribution is 2.24. The van der Waals surface area contributed by atoms with Gasteiger partial charge in [-0.25, -0.2) is 0 Å². The van der Waals surface area contributed by atoms with E-state index in [1.165, 1.54) is 0 Å². The lowest BCUT2D eigenvalue weighted by atomic mass is 10.1. The van der Waals surface area contributed by atoms with Gasteiger partial charge in [0.15, 0.2) is 0 Å². The van der Waals surface area contributed by atoms with Crippen molar-refractivity contribution >= 4 is 11.6 Å². The Morgan fingerprint density at radius 1 is 1.40 bits per heavy atom. The van der Waals surface area contributed by atoms with Crippen LogP contribution in [-0.2, 0) is 6.42 Å². The quantitative estimate of drug-likeness (QED) is 0.706. The van der Waals surface area contributed by atoms with E-state index in [1.54, 1.807) is 0 Å². The lowest BCUT2D eigenvalue weighted by molar-refractivity contribution is 0.336. The Morgan fingerprint density at radius 3 is 2.87 bits per heavy atom. The molecule has 15 heavy (non-hydrogen) atoms. The van der Waals surface area contributed by atoms with Crippen molar-refractivity contribution in [1.82, 2.24) is 0 Å². The van der Waals surface area contributed by atoms with E-state index >= 15 is 0 Å². The van der Waals surface area contributed by atoms with Crippen LogP contribution in [0.1, 0.15) is 25.8 Å². The predicted molar refractivity (Wildman–Crippen MR) is 64.4 cm³/mol. The fourth-order valence-electron chi connectivity index (χ4n) is 1.36. The number of hydrogen-bond donors (Lipinski definition) is 0. The van der Waals surface area contributed by atoms with Crippen molar-refractivity contribution < 1.29 is 4.74 Å². The first kappa shape index (κ1) is 11.9. The molecule has 0 amide bonds. The molecule has 0 bridgehead atoms. The second kappa shape index (κ2) is 6.37. The van der Waals surface area contributed by atoms with Gasteiger partial charge < -0.3 is 4.74 Å². The molecule has 1 rings (SSSR count). The van der Waals surface area contributed by atoms with E-state index < -0.39 is 0 Å². The Kier molecular flexibility index (Phi) is 5.07. The molecule has 2 heteroatoms. The molecule has 0 aromatic heterocycles. The zero-order valence-corrected chi connectivity index (χ0v) is 9.90. The molecule has 0 heterocycles. The van der Waals surface area contributed by atoms with Crippen LogP contribution in [0.4, 0.5) is 0 Å². The average Bonchev–Trinajstić information content (AvgIpc) is 2.22. The maximum absolute atomic E-state index is 5.94. The van der Waals surface area contributed by atoms with Crippen LogP contribution in [0, 0.1) is 11.8 Å². The maximum Gasteiger partial charge on any atom is 0.122 e. The van der Waals surface area contributed by atoms with E-state index in [-0.39, 0.29) is 0 Å². The van der Waals surface area contributed by atoms with E-state index in [9.17, 15) is 0 Å². The lowest BCUT2D eigenvalue weighted by Gasteiger charge is -2.09. The van der Waals surface area contributed by atoms with E-state index in [0.29, 0.717) is 6.61 Å². The first-order valence-corrected chi connectivity index (χ1v) is 5.46. The molecule has 0 fully saturated rings. The van der Waals surface area contributed by atoms with Gasteiger partial charge in [-0.3, -0.25) is 0 Å². The van der Waals surface area contributed by atoms with Gasteiger partial charge in [0.1, 0.15) is 5.75 Å². The third-order valence-corrected chi connectivity index (χ3v) is 2.25. The average molecular weight is 223 g/mol. The highest BCUT2D eigenvalue weighted by Gasteiger charge is 2.03. The highest BCUT2D eigenvalue weighted by molar-refractivity contribution is 6.30. The standard InChI is InChI=1S/C13H15ClO/c1-3-5-6-7-11-10-12(14)8-9-13(11)15-4-2/h8-10H,4,6-7H2,1-2H3. The van der Waals surface area contributed by atoms with Crippen molar-refractivity contribution in [3.8, 4) is 17.6 Å². The molecular formula is C13H15ClO. The third-order valence-electron chi connectivity index (χ3n) is 2.02. The molecule has 0 saturated heterocycles. The molecule has 1 nitrogen and oxygen atoms in total. The summed E-state index contributed by atoms with van der Waals surface area (Å²) in [7, 11) is 0. The Morgan fingerprint density at radius 2 is 2.20 bits per heavy atom. The van der Waals surface area contributed by atoms with Crippen LogP contribution in [-0.4, -0.2) is 6.61 Å². The summed E-state index contributed by atoms with van der Waals surface area (Å²) in [6.45, 7) is 4.50. The van der Waals surface area contributed by atoms with E-state index in [1.807, 2.05) is 32.0 Å². The van der Waals surface area contributed by atoms with Crippen LogP contribution in [0.5, 0.6) is 5.75 Å². The monoisotopic (exact) mass is 222 g/mol. The summed E-state index contributed by atoms with van der Waals surface area (Å²) in [4.78, 5) is 0. The topological polar surface area (TPSA) is 9.23 Å². The minimum Gasteiger partial charge on any atom is -0.494 e. The Bertz CT molecular complexity index is 374. The molecule has 0 unspecified atom stereocenters. The minimum atomic E-state index is 0.675. The molecule has 0 N–H and O–H groups in total. The Balaban J connectivity index is 2.79. The number of aryl methyl sites for hydroxylation is 1. The van der Waals surface area contributed by atoms with Crippen LogP contribution >= 0.6 is 11.6 Å². The van der Waals surface area contributed by atoms with Gasteiger partial charge in [0.05, 0.1) is 6.61 Å². The first-order valence-electron chi connectivity index (χ1n) is 5.08. The van der Waals surface area contributed by atoms with Gasteiger partial charge in [-0.05, 0) is 44.0 Å². The van der Waals surface area contributed by atoms with Crippen LogP contribution in [0.3, 0.4) is 0 Å². The molecule has 80 valence electrons. The summed E-state index contributed by atoms with van der Waals surface area (Å²) < 4.78 is 5.52. The van der Waals surface area contributed by atoms with Crippen molar-refractivity contribution in [1.29, 1.82) is 0 Å². The normalized spacial score (nSPS) is 9.27. The molecule has 0 aliphatic carbocycles. The van der Waals surface area contributed by atoms with Gasteiger partial charge in [-0.1, -0.05) is 11.6 Å². The molecule has 0 spiro atoms. The maximum atomic E-state index is 5.94. The van der Waals surface area contributed by atoms with Crippen molar-refractivity contribution in [2.75, 3.05) is 6.61 Å². The van der Waals surface area contributed by atoms with Crippen LogP contribution in [0.15, 0.2) is 18.2 Å². The lowest BCUT2D eigenvalue weighted by Crippen LogP contribution is -1.96. The molecule has 0 aliphatic heterocycles. The number of rotatable bonds is 4. The SMILES string of the molecule is CC#CCCc1cc(Cl)ccc1OCC. The van der Waals surface area contributed by atoms with Gasteiger partial charge in [-0.15, -0.1) is 11.8 Å². The largest absolute Gasteiger partial charge is 0.494 e. The van der Waals surface area contributed by atoms with Gasteiger partial charge >= 0.3 is 0 Å². The van der Waals surface area contributed by atoms with Gasteiger partial charge in [0.2, 0.25) is 0 Å². The molecule has 0 aliphatic rings. The second-order valence-corrected chi connectivity index (χ2v) is 3.55. The number of halogens is 1. The van der Waals surface area contributed by atoms with Gasteiger partial charge in [0.25, 0.3) is 0 Å². The molecule has 0 saturated carbocycles. The molecule has 0 atom stereocenters. The Labute approximate surface area is 96.4 Å². The number of benzene rings is 1.